The van der Waals surface area contributed by atoms with Gasteiger partial charge < -0.3 is 15.2 Å². The minimum atomic E-state index is -0.952. The molecule has 0 aliphatic carbocycles. The number of nitro groups is 1. The van der Waals surface area contributed by atoms with E-state index in [0.717, 1.165) is 18.2 Å². The number of aromatic nitrogens is 2. The average Bonchev–Trinajstić information content (AvgIpc) is 2.59. The number of aryl methyl sites for hydroxylation is 1. The molecule has 0 atom stereocenters. The molecule has 1 aromatic carbocycles. The monoisotopic (exact) mass is 360 g/mol. The van der Waals surface area contributed by atoms with Crippen LogP contribution in [0.1, 0.15) is 18.4 Å². The van der Waals surface area contributed by atoms with Crippen molar-refractivity contribution >= 4 is 23.4 Å². The predicted molar refractivity (Wildman–Crippen MR) is 89.1 cm³/mol. The Labute approximate surface area is 148 Å². The molecule has 0 spiro atoms. The first kappa shape index (κ1) is 18.8. The number of ether oxygens (including phenoxy) is 2. The number of anilines is 1. The lowest BCUT2D eigenvalue weighted by Crippen LogP contribution is -2.18. The molecule has 0 aliphatic heterocycles. The van der Waals surface area contributed by atoms with Gasteiger partial charge in [-0.15, -0.1) is 0 Å². The minimum absolute atomic E-state index is 0.169. The third-order valence-corrected chi connectivity index (χ3v) is 3.18. The number of hydrogen-bond acceptors (Lipinski definition) is 9. The topological polar surface area (TPSA) is 148 Å². The van der Waals surface area contributed by atoms with Gasteiger partial charge in [0.1, 0.15) is 12.6 Å². The van der Waals surface area contributed by atoms with E-state index in [1.54, 1.807) is 0 Å². The quantitative estimate of drug-likeness (QED) is 0.243. The fourth-order valence-electron chi connectivity index (χ4n) is 1.98. The molecule has 2 aromatic rings. The van der Waals surface area contributed by atoms with Crippen LogP contribution < -0.4 is 10.5 Å². The van der Waals surface area contributed by atoms with Crippen LogP contribution in [0.5, 0.6) is 6.01 Å². The molecule has 0 radical (unpaired) electrons. The van der Waals surface area contributed by atoms with Crippen LogP contribution in [-0.2, 0) is 20.7 Å². The minimum Gasteiger partial charge on any atom is -0.465 e. The standard InChI is InChI=1S/C16H16N4O6/c17-15-12(20(23)24)10-18-16(19-15)26-14(22)9-13(21)25-8-4-7-11-5-2-1-3-6-11/h1-3,5-6,10H,4,7-9H2,(H2,17,18,19). The number of hydrogen-bond donors (Lipinski definition) is 1. The average molecular weight is 360 g/mol. The summed E-state index contributed by atoms with van der Waals surface area (Å²) >= 11 is 0. The van der Waals surface area contributed by atoms with Crippen LogP contribution in [0.4, 0.5) is 11.5 Å². The molecule has 26 heavy (non-hydrogen) atoms. The van der Waals surface area contributed by atoms with Crippen molar-refractivity contribution in [2.75, 3.05) is 12.3 Å². The highest BCUT2D eigenvalue weighted by atomic mass is 16.6. The normalized spacial score (nSPS) is 10.2. The second-order valence-corrected chi connectivity index (χ2v) is 5.14. The van der Waals surface area contributed by atoms with Crippen LogP contribution >= 0.6 is 0 Å². The zero-order valence-corrected chi connectivity index (χ0v) is 13.7. The summed E-state index contributed by atoms with van der Waals surface area (Å²) in [6.45, 7) is 0.169. The van der Waals surface area contributed by atoms with Crippen molar-refractivity contribution in [3.63, 3.8) is 0 Å². The lowest BCUT2D eigenvalue weighted by molar-refractivity contribution is -0.384. The van der Waals surface area contributed by atoms with Gasteiger partial charge in [-0.3, -0.25) is 19.7 Å². The number of benzene rings is 1. The Morgan fingerprint density at radius 2 is 1.92 bits per heavy atom. The van der Waals surface area contributed by atoms with Gasteiger partial charge in [0.2, 0.25) is 5.82 Å². The summed E-state index contributed by atoms with van der Waals surface area (Å²) in [6, 6.07) is 9.21. The van der Waals surface area contributed by atoms with Crippen LogP contribution in [0.25, 0.3) is 0 Å². The van der Waals surface area contributed by atoms with Crippen LogP contribution in [0.2, 0.25) is 0 Å². The van der Waals surface area contributed by atoms with Gasteiger partial charge >= 0.3 is 23.6 Å². The molecule has 1 heterocycles. The number of nitrogens with zero attached hydrogens (tertiary/aromatic N) is 3. The highest BCUT2D eigenvalue weighted by Crippen LogP contribution is 2.19. The van der Waals surface area contributed by atoms with E-state index in [1.165, 1.54) is 0 Å². The first-order chi connectivity index (χ1) is 12.5. The second kappa shape index (κ2) is 9.06. The summed E-state index contributed by atoms with van der Waals surface area (Å²) in [5, 5.41) is 10.6. The molecule has 10 nitrogen and oxygen atoms in total. The first-order valence-corrected chi connectivity index (χ1v) is 7.63. The summed E-state index contributed by atoms with van der Waals surface area (Å²) in [6.07, 6.45) is 1.54. The zero-order chi connectivity index (χ0) is 18.9. The Balaban J connectivity index is 1.72. The van der Waals surface area contributed by atoms with Crippen molar-refractivity contribution in [3.05, 3.63) is 52.2 Å². The van der Waals surface area contributed by atoms with Gasteiger partial charge in [-0.2, -0.15) is 9.97 Å². The second-order valence-electron chi connectivity index (χ2n) is 5.14. The molecular weight excluding hydrogens is 344 g/mol. The highest BCUT2D eigenvalue weighted by Gasteiger charge is 2.18. The van der Waals surface area contributed by atoms with E-state index >= 15 is 0 Å². The molecule has 136 valence electrons. The molecule has 0 unspecified atom stereocenters. The lowest BCUT2D eigenvalue weighted by Gasteiger charge is -2.05. The summed E-state index contributed by atoms with van der Waals surface area (Å²) in [4.78, 5) is 40.0. The molecule has 10 heteroatoms. The smallest absolute Gasteiger partial charge is 0.329 e. The summed E-state index contributed by atoms with van der Waals surface area (Å²) in [5.41, 5.74) is 5.96. The number of carbonyl (C=O) groups is 2. The fourth-order valence-corrected chi connectivity index (χ4v) is 1.98. The molecule has 0 saturated carbocycles. The van der Waals surface area contributed by atoms with E-state index in [-0.39, 0.29) is 6.61 Å². The zero-order valence-electron chi connectivity index (χ0n) is 13.7. The largest absolute Gasteiger partial charge is 0.465 e. The molecule has 0 fully saturated rings. The van der Waals surface area contributed by atoms with E-state index in [9.17, 15) is 19.7 Å². The van der Waals surface area contributed by atoms with Crippen molar-refractivity contribution in [2.45, 2.75) is 19.3 Å². The number of nitrogen functional groups attached to an aromatic ring is 1. The van der Waals surface area contributed by atoms with Crippen LogP contribution in [-0.4, -0.2) is 33.4 Å². The molecular formula is C16H16N4O6. The summed E-state index contributed by atoms with van der Waals surface area (Å²) < 4.78 is 9.66. The summed E-state index contributed by atoms with van der Waals surface area (Å²) in [7, 11) is 0. The van der Waals surface area contributed by atoms with Gasteiger partial charge in [0, 0.05) is 0 Å². The van der Waals surface area contributed by atoms with E-state index in [1.807, 2.05) is 30.3 Å². The molecule has 2 N–H and O–H groups in total. The van der Waals surface area contributed by atoms with E-state index in [4.69, 9.17) is 15.2 Å². The van der Waals surface area contributed by atoms with Crippen molar-refractivity contribution in [3.8, 4) is 6.01 Å². The van der Waals surface area contributed by atoms with Gasteiger partial charge in [-0.25, -0.2) is 0 Å². The van der Waals surface area contributed by atoms with Crippen LogP contribution in [0.3, 0.4) is 0 Å². The highest BCUT2D eigenvalue weighted by molar-refractivity contribution is 5.91. The number of rotatable bonds is 8. The maximum absolute atomic E-state index is 11.6. The lowest BCUT2D eigenvalue weighted by atomic mass is 10.1. The molecule has 0 amide bonds. The van der Waals surface area contributed by atoms with Crippen molar-refractivity contribution in [2.24, 2.45) is 0 Å². The molecule has 0 bridgehead atoms. The maximum Gasteiger partial charge on any atom is 0.329 e. The van der Waals surface area contributed by atoms with E-state index in [2.05, 4.69) is 9.97 Å². The van der Waals surface area contributed by atoms with Gasteiger partial charge in [0.15, 0.2) is 0 Å². The Bertz CT molecular complexity index is 797. The fraction of sp³-hybridized carbons (Fsp3) is 0.250. The third-order valence-electron chi connectivity index (χ3n) is 3.18. The van der Waals surface area contributed by atoms with Crippen molar-refractivity contribution in [1.82, 2.24) is 9.97 Å². The Morgan fingerprint density at radius 1 is 1.19 bits per heavy atom. The molecule has 0 aliphatic rings. The van der Waals surface area contributed by atoms with Gasteiger partial charge in [0.05, 0.1) is 11.5 Å². The summed E-state index contributed by atoms with van der Waals surface area (Å²) in [5.74, 6) is -2.15. The van der Waals surface area contributed by atoms with Crippen molar-refractivity contribution in [1.29, 1.82) is 0 Å². The number of esters is 2. The van der Waals surface area contributed by atoms with Crippen LogP contribution in [0, 0.1) is 10.1 Å². The number of carbonyl (C=O) groups excluding carboxylic acids is 2. The predicted octanol–water partition coefficient (Wildman–Crippen LogP) is 1.44. The Morgan fingerprint density at radius 3 is 2.58 bits per heavy atom. The Kier molecular flexibility index (Phi) is 6.54. The van der Waals surface area contributed by atoms with E-state index < -0.39 is 40.8 Å². The third kappa shape index (κ3) is 5.82. The molecule has 0 saturated heterocycles. The molecule has 2 rings (SSSR count). The maximum atomic E-state index is 11.6. The number of nitrogens with two attached hydrogens (primary N) is 1. The Hall–Kier alpha value is -3.56. The van der Waals surface area contributed by atoms with Crippen molar-refractivity contribution < 1.29 is 24.0 Å². The van der Waals surface area contributed by atoms with Gasteiger partial charge in [-0.1, -0.05) is 30.3 Å². The first-order valence-electron chi connectivity index (χ1n) is 7.63. The van der Waals surface area contributed by atoms with Crippen LogP contribution in [0.15, 0.2) is 36.5 Å². The van der Waals surface area contributed by atoms with E-state index in [0.29, 0.717) is 6.42 Å². The van der Waals surface area contributed by atoms with Gasteiger partial charge in [-0.05, 0) is 18.4 Å². The van der Waals surface area contributed by atoms with Gasteiger partial charge in [0.25, 0.3) is 0 Å². The SMILES string of the molecule is Nc1nc(OC(=O)CC(=O)OCCCc2ccccc2)ncc1[N+](=O)[O-]. The molecule has 1 aromatic heterocycles.